The summed E-state index contributed by atoms with van der Waals surface area (Å²) in [6, 6.07) is 13.1. The average Bonchev–Trinajstić information content (AvgIpc) is 2.67. The van der Waals surface area contributed by atoms with Gasteiger partial charge in [-0.05, 0) is 36.8 Å². The van der Waals surface area contributed by atoms with Crippen LogP contribution in [0.25, 0.3) is 0 Å². The molecule has 1 fully saturated rings. The van der Waals surface area contributed by atoms with Crippen molar-refractivity contribution in [1.29, 1.82) is 0 Å². The van der Waals surface area contributed by atoms with Crippen LogP contribution in [0.4, 0.5) is 18.9 Å². The van der Waals surface area contributed by atoms with Crippen LogP contribution in [0.15, 0.2) is 48.5 Å². The third kappa shape index (κ3) is 5.39. The molecule has 1 aliphatic heterocycles. The molecule has 1 heterocycles. The molecule has 0 bridgehead atoms. The second-order valence-corrected chi connectivity index (χ2v) is 7.22. The zero-order valence-corrected chi connectivity index (χ0v) is 15.9. The van der Waals surface area contributed by atoms with Crippen molar-refractivity contribution in [1.82, 2.24) is 0 Å². The van der Waals surface area contributed by atoms with Gasteiger partial charge in [0.2, 0.25) is 0 Å². The molecule has 0 amide bonds. The number of quaternary nitrogens is 1. The minimum absolute atomic E-state index is 0.228. The third-order valence-corrected chi connectivity index (χ3v) is 5.06. The van der Waals surface area contributed by atoms with Crippen LogP contribution in [0.3, 0.4) is 0 Å². The molecule has 2 N–H and O–H groups in total. The smallest absolute Gasteiger partial charge is 0.416 e. The zero-order chi connectivity index (χ0) is 20.1. The molecular weight excluding hydrogens is 369 g/mol. The van der Waals surface area contributed by atoms with Crippen molar-refractivity contribution < 1.29 is 27.9 Å². The number of hydrogen-bond donors (Lipinski definition) is 2. The van der Waals surface area contributed by atoms with Crippen molar-refractivity contribution in [2.75, 3.05) is 44.2 Å². The summed E-state index contributed by atoms with van der Waals surface area (Å²) in [7, 11) is 0. The Morgan fingerprint density at radius 1 is 1.11 bits per heavy atom. The molecule has 3 rings (SSSR count). The molecule has 1 saturated heterocycles. The van der Waals surface area contributed by atoms with Gasteiger partial charge in [0, 0.05) is 5.69 Å². The number of rotatable bonds is 6. The van der Waals surface area contributed by atoms with Gasteiger partial charge in [-0.25, -0.2) is 0 Å². The predicted molar refractivity (Wildman–Crippen MR) is 102 cm³/mol. The standard InChI is InChI=1S/C21H25F3N2O2/c1-16-5-2-3-8-20(16)28-15-19(27)14-25-9-11-26(12-10-25)18-7-4-6-17(13-18)21(22,23)24/h2-8,13,19,27H,9-12,14-15H2,1H3/p+1/t19-/m0/s1. The summed E-state index contributed by atoms with van der Waals surface area (Å²) < 4.78 is 44.4. The van der Waals surface area contributed by atoms with E-state index in [0.29, 0.717) is 25.3 Å². The lowest BCUT2D eigenvalue weighted by Crippen LogP contribution is -3.16. The van der Waals surface area contributed by atoms with E-state index in [1.54, 1.807) is 6.07 Å². The molecule has 152 valence electrons. The number of aliphatic hydroxyl groups excluding tert-OH is 1. The lowest BCUT2D eigenvalue weighted by atomic mass is 10.1. The Bertz CT molecular complexity index is 774. The summed E-state index contributed by atoms with van der Waals surface area (Å²) >= 11 is 0. The molecule has 0 spiro atoms. The molecule has 0 aliphatic carbocycles. The average molecular weight is 395 g/mol. The van der Waals surface area contributed by atoms with Gasteiger partial charge in [0.05, 0.1) is 31.7 Å². The number of hydrogen-bond acceptors (Lipinski definition) is 3. The first kappa shape index (κ1) is 20.5. The minimum Gasteiger partial charge on any atom is -0.490 e. The van der Waals surface area contributed by atoms with E-state index in [0.717, 1.165) is 30.5 Å². The number of ether oxygens (including phenoxy) is 1. The monoisotopic (exact) mass is 395 g/mol. The summed E-state index contributed by atoms with van der Waals surface area (Å²) in [5.41, 5.74) is 0.998. The maximum absolute atomic E-state index is 12.9. The highest BCUT2D eigenvalue weighted by Crippen LogP contribution is 2.31. The number of nitrogens with zero attached hydrogens (tertiary/aromatic N) is 1. The summed E-state index contributed by atoms with van der Waals surface area (Å²) in [4.78, 5) is 3.19. The lowest BCUT2D eigenvalue weighted by Gasteiger charge is -2.34. The van der Waals surface area contributed by atoms with Crippen molar-refractivity contribution in [3.8, 4) is 5.75 Å². The number of para-hydroxylation sites is 1. The van der Waals surface area contributed by atoms with E-state index in [1.165, 1.54) is 17.0 Å². The van der Waals surface area contributed by atoms with Crippen molar-refractivity contribution in [3.63, 3.8) is 0 Å². The van der Waals surface area contributed by atoms with Gasteiger partial charge in [-0.3, -0.25) is 0 Å². The fraction of sp³-hybridized carbons (Fsp3) is 0.429. The molecule has 2 aromatic rings. The van der Waals surface area contributed by atoms with Crippen LogP contribution < -0.4 is 14.5 Å². The van der Waals surface area contributed by atoms with E-state index >= 15 is 0 Å². The first-order chi connectivity index (χ1) is 13.3. The van der Waals surface area contributed by atoms with Crippen molar-refractivity contribution in [3.05, 3.63) is 59.7 Å². The Kier molecular flexibility index (Phi) is 6.46. The van der Waals surface area contributed by atoms with Crippen LogP contribution in [0.1, 0.15) is 11.1 Å². The quantitative estimate of drug-likeness (QED) is 0.787. The summed E-state index contributed by atoms with van der Waals surface area (Å²) in [5, 5.41) is 10.3. The Hall–Kier alpha value is -2.25. The van der Waals surface area contributed by atoms with Crippen LogP contribution in [-0.4, -0.2) is 50.5 Å². The molecule has 28 heavy (non-hydrogen) atoms. The van der Waals surface area contributed by atoms with Crippen LogP contribution >= 0.6 is 0 Å². The summed E-state index contributed by atoms with van der Waals surface area (Å²) in [6.07, 6.45) is -4.92. The van der Waals surface area contributed by atoms with E-state index in [-0.39, 0.29) is 6.61 Å². The summed E-state index contributed by atoms with van der Waals surface area (Å²) in [6.45, 7) is 5.58. The molecule has 2 aromatic carbocycles. The predicted octanol–water partition coefficient (Wildman–Crippen LogP) is 2.16. The van der Waals surface area contributed by atoms with Crippen molar-refractivity contribution in [2.45, 2.75) is 19.2 Å². The number of nitrogens with one attached hydrogen (secondary N) is 1. The largest absolute Gasteiger partial charge is 0.490 e. The number of aliphatic hydroxyl groups is 1. The molecule has 0 radical (unpaired) electrons. The second kappa shape index (κ2) is 8.84. The maximum Gasteiger partial charge on any atom is 0.416 e. The van der Waals surface area contributed by atoms with E-state index in [9.17, 15) is 18.3 Å². The highest BCUT2D eigenvalue weighted by Gasteiger charge is 2.31. The van der Waals surface area contributed by atoms with Crippen LogP contribution in [-0.2, 0) is 6.18 Å². The number of halogens is 3. The molecule has 1 aliphatic rings. The normalized spacial score (nSPS) is 16.8. The van der Waals surface area contributed by atoms with E-state index < -0.39 is 17.8 Å². The van der Waals surface area contributed by atoms with Gasteiger partial charge < -0.3 is 19.6 Å². The molecule has 4 nitrogen and oxygen atoms in total. The van der Waals surface area contributed by atoms with Gasteiger partial charge in [0.25, 0.3) is 0 Å². The highest BCUT2D eigenvalue weighted by molar-refractivity contribution is 5.49. The molecule has 0 saturated carbocycles. The van der Waals surface area contributed by atoms with Gasteiger partial charge >= 0.3 is 6.18 Å². The van der Waals surface area contributed by atoms with E-state index in [1.807, 2.05) is 36.1 Å². The second-order valence-electron chi connectivity index (χ2n) is 7.22. The van der Waals surface area contributed by atoms with Crippen molar-refractivity contribution in [2.24, 2.45) is 0 Å². The van der Waals surface area contributed by atoms with Gasteiger partial charge in [0.1, 0.15) is 25.0 Å². The minimum atomic E-state index is -4.33. The summed E-state index contributed by atoms with van der Waals surface area (Å²) in [5.74, 6) is 0.769. The number of benzene rings is 2. The third-order valence-electron chi connectivity index (χ3n) is 5.06. The van der Waals surface area contributed by atoms with Crippen LogP contribution in [0.2, 0.25) is 0 Å². The van der Waals surface area contributed by atoms with E-state index in [4.69, 9.17) is 4.74 Å². The van der Waals surface area contributed by atoms with Gasteiger partial charge in [-0.1, -0.05) is 24.3 Å². The Balaban J connectivity index is 1.47. The molecule has 7 heteroatoms. The SMILES string of the molecule is Cc1ccccc1OC[C@@H](O)C[NH+]1CCN(c2cccc(C(F)(F)F)c2)CC1. The Morgan fingerprint density at radius 2 is 1.82 bits per heavy atom. The topological polar surface area (TPSA) is 37.1 Å². The highest BCUT2D eigenvalue weighted by atomic mass is 19.4. The van der Waals surface area contributed by atoms with Crippen molar-refractivity contribution >= 4 is 5.69 Å². The van der Waals surface area contributed by atoms with Crippen LogP contribution in [0, 0.1) is 6.92 Å². The number of anilines is 1. The van der Waals surface area contributed by atoms with Gasteiger partial charge in [-0.15, -0.1) is 0 Å². The maximum atomic E-state index is 12.9. The fourth-order valence-electron chi connectivity index (χ4n) is 3.46. The number of alkyl halides is 3. The number of aryl methyl sites for hydroxylation is 1. The van der Waals surface area contributed by atoms with E-state index in [2.05, 4.69) is 0 Å². The van der Waals surface area contributed by atoms with Crippen LogP contribution in [0.5, 0.6) is 5.75 Å². The molecule has 0 aromatic heterocycles. The zero-order valence-electron chi connectivity index (χ0n) is 15.9. The van der Waals surface area contributed by atoms with Gasteiger partial charge in [-0.2, -0.15) is 13.2 Å². The Morgan fingerprint density at radius 3 is 2.50 bits per heavy atom. The molecular formula is C21H26F3N2O2+. The fourth-order valence-corrected chi connectivity index (χ4v) is 3.46. The first-order valence-electron chi connectivity index (χ1n) is 9.45. The lowest BCUT2D eigenvalue weighted by molar-refractivity contribution is -0.903. The Labute approximate surface area is 163 Å². The molecule has 1 atom stereocenters. The molecule has 0 unspecified atom stereocenters. The van der Waals surface area contributed by atoms with Gasteiger partial charge in [0.15, 0.2) is 0 Å². The number of piperazine rings is 1. The first-order valence-corrected chi connectivity index (χ1v) is 9.45.